The molecule has 0 saturated heterocycles. The summed E-state index contributed by atoms with van der Waals surface area (Å²) in [4.78, 5) is 28.1. The van der Waals surface area contributed by atoms with Crippen LogP contribution in [0.1, 0.15) is 6.42 Å². The number of rotatable bonds is 4. The van der Waals surface area contributed by atoms with Crippen LogP contribution in [0.3, 0.4) is 0 Å². The Morgan fingerprint density at radius 1 is 1.18 bits per heavy atom. The van der Waals surface area contributed by atoms with Crippen molar-refractivity contribution in [3.05, 3.63) is 51.4 Å². The van der Waals surface area contributed by atoms with Crippen molar-refractivity contribution in [1.29, 1.82) is 5.26 Å². The molecule has 1 aromatic carbocycles. The molecule has 4 aromatic rings. The van der Waals surface area contributed by atoms with Gasteiger partial charge in [0.1, 0.15) is 11.0 Å². The molecule has 8 heteroatoms. The molecule has 8 nitrogen and oxygen atoms in total. The van der Waals surface area contributed by atoms with Crippen molar-refractivity contribution in [1.82, 2.24) is 18.7 Å². The van der Waals surface area contributed by atoms with Gasteiger partial charge < -0.3 is 14.3 Å². The van der Waals surface area contributed by atoms with E-state index in [1.165, 1.54) is 4.57 Å². The smallest absolute Gasteiger partial charge is 0.328 e. The fourth-order valence-corrected chi connectivity index (χ4v) is 3.74. The molecule has 0 fully saturated rings. The first kappa shape index (κ1) is 17.7. The summed E-state index contributed by atoms with van der Waals surface area (Å²) in [7, 11) is 4.95. The van der Waals surface area contributed by atoms with E-state index in [2.05, 4.69) is 11.1 Å². The molecule has 0 unspecified atom stereocenters. The summed E-state index contributed by atoms with van der Waals surface area (Å²) in [5.41, 5.74) is 3.14. The number of nitrogens with one attached hydrogen (secondary N) is 1. The van der Waals surface area contributed by atoms with Crippen molar-refractivity contribution >= 4 is 21.9 Å². The number of nitrogens with zero attached hydrogens (tertiary/aromatic N) is 4. The third-order valence-corrected chi connectivity index (χ3v) is 5.09. The van der Waals surface area contributed by atoms with Gasteiger partial charge in [0.2, 0.25) is 0 Å². The zero-order chi connectivity index (χ0) is 20.0. The molecule has 0 amide bonds. The number of aromatic nitrogens is 4. The van der Waals surface area contributed by atoms with E-state index in [-0.39, 0.29) is 24.2 Å². The minimum atomic E-state index is -0.201. The lowest BCUT2D eigenvalue weighted by Crippen LogP contribution is -2.22. The number of ether oxygens (including phenoxy) is 1. The highest BCUT2D eigenvalue weighted by molar-refractivity contribution is 6.00. The molecule has 0 spiro atoms. The summed E-state index contributed by atoms with van der Waals surface area (Å²) < 4.78 is 10.4. The lowest BCUT2D eigenvalue weighted by atomic mass is 10.0. The quantitative estimate of drug-likeness (QED) is 0.589. The topological polar surface area (TPSA) is 97.7 Å². The molecule has 0 aliphatic carbocycles. The van der Waals surface area contributed by atoms with Crippen LogP contribution in [-0.4, -0.2) is 25.8 Å². The van der Waals surface area contributed by atoms with Gasteiger partial charge in [0.05, 0.1) is 25.1 Å². The molecule has 1 N–H and O–H groups in total. The number of aryl methyl sites for hydroxylation is 3. The fraction of sp³-hybridized carbons (Fsp3) is 0.250. The van der Waals surface area contributed by atoms with E-state index in [1.807, 2.05) is 18.2 Å². The van der Waals surface area contributed by atoms with Crippen LogP contribution in [0, 0.1) is 11.3 Å². The highest BCUT2D eigenvalue weighted by Crippen LogP contribution is 2.38. The Labute approximate surface area is 159 Å². The largest absolute Gasteiger partial charge is 0.494 e. The van der Waals surface area contributed by atoms with Crippen LogP contribution in [0.15, 0.2) is 40.2 Å². The van der Waals surface area contributed by atoms with Gasteiger partial charge in [0.15, 0.2) is 5.75 Å². The highest BCUT2D eigenvalue weighted by atomic mass is 16.5. The number of fused-ring (bicyclic) bond motifs is 2. The van der Waals surface area contributed by atoms with Crippen LogP contribution in [-0.2, 0) is 20.6 Å². The predicted molar refractivity (Wildman–Crippen MR) is 106 cm³/mol. The second-order valence-corrected chi connectivity index (χ2v) is 6.64. The minimum absolute atomic E-state index is 0.116. The Morgan fingerprint density at radius 3 is 2.68 bits per heavy atom. The Balaban J connectivity index is 2.12. The Bertz CT molecular complexity index is 1380. The Hall–Kier alpha value is -3.73. The number of aromatic amines is 1. The van der Waals surface area contributed by atoms with E-state index in [0.717, 1.165) is 22.0 Å². The van der Waals surface area contributed by atoms with E-state index in [9.17, 15) is 9.59 Å². The first-order valence-corrected chi connectivity index (χ1v) is 8.79. The lowest BCUT2D eigenvalue weighted by Gasteiger charge is -2.14. The second kappa shape index (κ2) is 6.46. The fourth-order valence-electron chi connectivity index (χ4n) is 3.74. The molecule has 3 heterocycles. The monoisotopic (exact) mass is 377 g/mol. The van der Waals surface area contributed by atoms with Crippen molar-refractivity contribution in [3.63, 3.8) is 0 Å². The first-order chi connectivity index (χ1) is 13.5. The minimum Gasteiger partial charge on any atom is -0.494 e. The molecule has 4 rings (SSSR count). The van der Waals surface area contributed by atoms with Crippen molar-refractivity contribution in [3.8, 4) is 22.9 Å². The van der Waals surface area contributed by atoms with Crippen LogP contribution in [0.2, 0.25) is 0 Å². The van der Waals surface area contributed by atoms with Crippen molar-refractivity contribution in [2.45, 2.75) is 13.0 Å². The summed E-state index contributed by atoms with van der Waals surface area (Å²) >= 11 is 0. The van der Waals surface area contributed by atoms with Gasteiger partial charge in [-0.1, -0.05) is 0 Å². The number of benzene rings is 1. The molecule has 0 atom stereocenters. The van der Waals surface area contributed by atoms with Crippen LogP contribution in [0.25, 0.3) is 33.1 Å². The Kier molecular flexibility index (Phi) is 4.08. The maximum absolute atomic E-state index is 12.7. The molecule has 28 heavy (non-hydrogen) atoms. The van der Waals surface area contributed by atoms with Crippen LogP contribution >= 0.6 is 0 Å². The van der Waals surface area contributed by atoms with Gasteiger partial charge in [-0.25, -0.2) is 4.79 Å². The second-order valence-electron chi connectivity index (χ2n) is 6.64. The number of nitriles is 1. The number of hydrogen-bond acceptors (Lipinski definition) is 4. The Morgan fingerprint density at radius 2 is 1.96 bits per heavy atom. The molecule has 0 radical (unpaired) electrons. The number of H-pyrrole nitrogens is 1. The number of methoxy groups -OCH3 is 1. The summed E-state index contributed by atoms with van der Waals surface area (Å²) in [5, 5.41) is 9.75. The average molecular weight is 377 g/mol. The molecule has 0 saturated carbocycles. The normalized spacial score (nSPS) is 11.2. The van der Waals surface area contributed by atoms with Gasteiger partial charge in [-0.2, -0.15) is 5.26 Å². The van der Waals surface area contributed by atoms with Gasteiger partial charge >= 0.3 is 5.69 Å². The molecular formula is C20H19N5O3. The third kappa shape index (κ3) is 2.36. The van der Waals surface area contributed by atoms with Gasteiger partial charge in [-0.3, -0.25) is 13.9 Å². The van der Waals surface area contributed by atoms with Crippen molar-refractivity contribution in [2.75, 3.05) is 7.11 Å². The number of hydrogen-bond donors (Lipinski definition) is 1. The third-order valence-electron chi connectivity index (χ3n) is 5.09. The molecule has 0 bridgehead atoms. The van der Waals surface area contributed by atoms with E-state index < -0.39 is 0 Å². The van der Waals surface area contributed by atoms with Gasteiger partial charge in [-0.15, -0.1) is 0 Å². The molecule has 3 aromatic heterocycles. The zero-order valence-corrected chi connectivity index (χ0v) is 15.8. The van der Waals surface area contributed by atoms with Crippen LogP contribution < -0.4 is 16.0 Å². The summed E-state index contributed by atoms with van der Waals surface area (Å²) in [6.07, 6.45) is 3.71. The van der Waals surface area contributed by atoms with E-state index in [1.54, 1.807) is 42.7 Å². The van der Waals surface area contributed by atoms with Gasteiger partial charge in [-0.05, 0) is 18.2 Å². The van der Waals surface area contributed by atoms with E-state index in [0.29, 0.717) is 16.8 Å². The van der Waals surface area contributed by atoms with Crippen LogP contribution in [0.5, 0.6) is 5.75 Å². The molecule has 0 aliphatic heterocycles. The van der Waals surface area contributed by atoms with Crippen molar-refractivity contribution in [2.24, 2.45) is 14.1 Å². The maximum atomic E-state index is 12.7. The predicted octanol–water partition coefficient (Wildman–Crippen LogP) is 2.11. The standard InChI is InChI=1S/C20H19N5O3/c1-23-11-14(12-7-9-22-16(12)19(23)26)13-5-6-15-17(18(13)28-3)25(10-4-8-21)20(27)24(15)2/h5-7,9,11,22H,4,10H2,1-3H3. The number of pyridine rings is 1. The summed E-state index contributed by atoms with van der Waals surface area (Å²) in [5.74, 6) is 0.536. The zero-order valence-electron chi connectivity index (χ0n) is 15.8. The van der Waals surface area contributed by atoms with E-state index in [4.69, 9.17) is 10.00 Å². The highest BCUT2D eigenvalue weighted by Gasteiger charge is 2.21. The lowest BCUT2D eigenvalue weighted by molar-refractivity contribution is 0.418. The van der Waals surface area contributed by atoms with E-state index >= 15 is 0 Å². The molecule has 0 aliphatic rings. The summed E-state index contributed by atoms with van der Waals surface area (Å²) in [6, 6.07) is 7.69. The van der Waals surface area contributed by atoms with Crippen molar-refractivity contribution < 1.29 is 4.74 Å². The van der Waals surface area contributed by atoms with Crippen LogP contribution in [0.4, 0.5) is 0 Å². The van der Waals surface area contributed by atoms with Gasteiger partial charge in [0, 0.05) is 49.5 Å². The first-order valence-electron chi connectivity index (χ1n) is 8.79. The number of imidazole rings is 1. The SMILES string of the molecule is COc1c(-c2cn(C)c(=O)c3[nH]ccc23)ccc2c1n(CCC#N)c(=O)n2C. The molecule has 142 valence electrons. The molecular weight excluding hydrogens is 358 g/mol. The summed E-state index contributed by atoms with van der Waals surface area (Å²) in [6.45, 7) is 0.277. The average Bonchev–Trinajstić information content (AvgIpc) is 3.27. The maximum Gasteiger partial charge on any atom is 0.328 e. The van der Waals surface area contributed by atoms with Gasteiger partial charge in [0.25, 0.3) is 5.56 Å².